The Hall–Kier alpha value is -1.22. The van der Waals surface area contributed by atoms with Crippen LogP contribution in [0.2, 0.25) is 10.0 Å². The molecule has 1 atom stereocenters. The summed E-state index contributed by atoms with van der Waals surface area (Å²) in [5, 5.41) is 12.0. The third-order valence-electron chi connectivity index (χ3n) is 3.20. The molecule has 0 aliphatic carbocycles. The summed E-state index contributed by atoms with van der Waals surface area (Å²) in [6.07, 6.45) is 0.445. The van der Waals surface area contributed by atoms with Crippen molar-refractivity contribution in [1.82, 2.24) is 0 Å². The number of methoxy groups -OCH3 is 1. The van der Waals surface area contributed by atoms with Crippen LogP contribution in [0.15, 0.2) is 42.5 Å². The molecule has 0 spiro atoms. The summed E-state index contributed by atoms with van der Waals surface area (Å²) in [4.78, 5) is 0. The minimum atomic E-state index is -1.08. The normalized spacial score (nSPS) is 13.8. The maximum atomic E-state index is 10.8. The van der Waals surface area contributed by atoms with Crippen molar-refractivity contribution >= 4 is 23.2 Å². The fourth-order valence-corrected chi connectivity index (χ4v) is 2.49. The molecule has 0 heterocycles. The third kappa shape index (κ3) is 3.45. The number of benzene rings is 2. The van der Waals surface area contributed by atoms with Gasteiger partial charge in [0.25, 0.3) is 0 Å². The summed E-state index contributed by atoms with van der Waals surface area (Å²) < 4.78 is 5.30. The Bertz CT molecular complexity index is 592. The molecule has 0 saturated heterocycles. The molecule has 2 aromatic rings. The van der Waals surface area contributed by atoms with Gasteiger partial charge >= 0.3 is 0 Å². The minimum Gasteiger partial charge on any atom is -0.496 e. The average Bonchev–Trinajstić information content (AvgIpc) is 2.41. The molecule has 0 radical (unpaired) electrons. The highest BCUT2D eigenvalue weighted by atomic mass is 35.5. The van der Waals surface area contributed by atoms with E-state index in [2.05, 4.69) is 0 Å². The smallest absolute Gasteiger partial charge is 0.125 e. The molecule has 0 aliphatic heterocycles. The van der Waals surface area contributed by atoms with E-state index in [1.54, 1.807) is 32.2 Å². The molecule has 20 heavy (non-hydrogen) atoms. The van der Waals surface area contributed by atoms with E-state index in [1.807, 2.05) is 24.3 Å². The molecule has 4 heteroatoms. The van der Waals surface area contributed by atoms with E-state index in [0.717, 1.165) is 5.56 Å². The Kier molecular flexibility index (Phi) is 4.59. The molecule has 2 aromatic carbocycles. The molecule has 0 bridgehead atoms. The summed E-state index contributed by atoms with van der Waals surface area (Å²) in [6, 6.07) is 12.6. The maximum Gasteiger partial charge on any atom is 0.125 e. The summed E-state index contributed by atoms with van der Waals surface area (Å²) in [7, 11) is 1.57. The summed E-state index contributed by atoms with van der Waals surface area (Å²) in [5.41, 5.74) is 0.577. The van der Waals surface area contributed by atoms with Gasteiger partial charge in [-0.1, -0.05) is 35.3 Å². The largest absolute Gasteiger partial charge is 0.496 e. The van der Waals surface area contributed by atoms with Crippen LogP contribution in [0.4, 0.5) is 0 Å². The van der Waals surface area contributed by atoms with Crippen LogP contribution in [0.5, 0.6) is 5.75 Å². The van der Waals surface area contributed by atoms with E-state index in [-0.39, 0.29) is 0 Å². The summed E-state index contributed by atoms with van der Waals surface area (Å²) in [5.74, 6) is 0.619. The Morgan fingerprint density at radius 1 is 1.05 bits per heavy atom. The second-order valence-corrected chi connectivity index (χ2v) is 5.79. The quantitative estimate of drug-likeness (QED) is 0.904. The summed E-state index contributed by atoms with van der Waals surface area (Å²) >= 11 is 11.9. The van der Waals surface area contributed by atoms with Gasteiger partial charge in [0.2, 0.25) is 0 Å². The fraction of sp³-hybridized carbons (Fsp3) is 0.250. The second-order valence-electron chi connectivity index (χ2n) is 4.92. The zero-order chi connectivity index (χ0) is 14.8. The van der Waals surface area contributed by atoms with Crippen LogP contribution in [0.3, 0.4) is 0 Å². The lowest BCUT2D eigenvalue weighted by Gasteiger charge is -2.26. The SMILES string of the molecule is COc1ccc(Cl)cc1C(C)(O)Cc1ccc(Cl)cc1. The van der Waals surface area contributed by atoms with Crippen molar-refractivity contribution in [3.05, 3.63) is 63.6 Å². The van der Waals surface area contributed by atoms with E-state index in [1.165, 1.54) is 0 Å². The fourth-order valence-electron chi connectivity index (χ4n) is 2.20. The van der Waals surface area contributed by atoms with Gasteiger partial charge in [-0.3, -0.25) is 0 Å². The summed E-state index contributed by atoms with van der Waals surface area (Å²) in [6.45, 7) is 1.75. The minimum absolute atomic E-state index is 0.445. The van der Waals surface area contributed by atoms with Crippen molar-refractivity contribution in [3.63, 3.8) is 0 Å². The van der Waals surface area contributed by atoms with Crippen LogP contribution in [0.1, 0.15) is 18.1 Å². The molecule has 2 rings (SSSR count). The van der Waals surface area contributed by atoms with Gasteiger partial charge in [0, 0.05) is 22.0 Å². The molecule has 0 saturated carbocycles. The first-order valence-corrected chi connectivity index (χ1v) is 6.99. The Balaban J connectivity index is 2.34. The Morgan fingerprint density at radius 2 is 1.65 bits per heavy atom. The highest BCUT2D eigenvalue weighted by Crippen LogP contribution is 2.34. The van der Waals surface area contributed by atoms with Crippen LogP contribution in [-0.2, 0) is 12.0 Å². The molecule has 0 aromatic heterocycles. The van der Waals surface area contributed by atoms with Gasteiger partial charge < -0.3 is 9.84 Å². The molecule has 0 fully saturated rings. The van der Waals surface area contributed by atoms with Gasteiger partial charge in [-0.25, -0.2) is 0 Å². The molecular weight excluding hydrogens is 295 g/mol. The lowest BCUT2D eigenvalue weighted by molar-refractivity contribution is 0.0550. The van der Waals surface area contributed by atoms with Crippen LogP contribution in [0.25, 0.3) is 0 Å². The van der Waals surface area contributed by atoms with E-state index < -0.39 is 5.60 Å². The predicted molar refractivity (Wildman–Crippen MR) is 82.7 cm³/mol. The van der Waals surface area contributed by atoms with E-state index in [9.17, 15) is 5.11 Å². The molecule has 1 unspecified atom stereocenters. The number of aliphatic hydroxyl groups is 1. The van der Waals surface area contributed by atoms with Crippen LogP contribution < -0.4 is 4.74 Å². The highest BCUT2D eigenvalue weighted by Gasteiger charge is 2.27. The average molecular weight is 311 g/mol. The van der Waals surface area contributed by atoms with E-state index in [0.29, 0.717) is 27.8 Å². The first kappa shape index (κ1) is 15.2. The standard InChI is InChI=1S/C16H16Cl2O2/c1-16(19,10-11-3-5-12(17)6-4-11)14-9-13(18)7-8-15(14)20-2/h3-9,19H,10H2,1-2H3. The van der Waals surface area contributed by atoms with Gasteiger partial charge in [0.05, 0.1) is 12.7 Å². The Morgan fingerprint density at radius 3 is 2.25 bits per heavy atom. The van der Waals surface area contributed by atoms with Crippen molar-refractivity contribution < 1.29 is 9.84 Å². The van der Waals surface area contributed by atoms with Crippen LogP contribution in [0, 0.1) is 0 Å². The zero-order valence-electron chi connectivity index (χ0n) is 11.4. The molecule has 0 aliphatic rings. The molecule has 0 amide bonds. The number of halogens is 2. The highest BCUT2D eigenvalue weighted by molar-refractivity contribution is 6.30. The Labute approximate surface area is 128 Å². The lowest BCUT2D eigenvalue weighted by atomic mass is 9.88. The van der Waals surface area contributed by atoms with Gasteiger partial charge in [-0.05, 0) is 42.8 Å². The van der Waals surface area contributed by atoms with Crippen molar-refractivity contribution in [2.45, 2.75) is 18.9 Å². The topological polar surface area (TPSA) is 29.5 Å². The van der Waals surface area contributed by atoms with Crippen molar-refractivity contribution in [3.8, 4) is 5.75 Å². The number of rotatable bonds is 4. The van der Waals surface area contributed by atoms with Crippen LogP contribution in [-0.4, -0.2) is 12.2 Å². The van der Waals surface area contributed by atoms with Crippen molar-refractivity contribution in [1.29, 1.82) is 0 Å². The molecule has 2 nitrogen and oxygen atoms in total. The van der Waals surface area contributed by atoms with Gasteiger partial charge in [0.1, 0.15) is 5.75 Å². The monoisotopic (exact) mass is 310 g/mol. The van der Waals surface area contributed by atoms with E-state index in [4.69, 9.17) is 27.9 Å². The first-order valence-electron chi connectivity index (χ1n) is 6.23. The van der Waals surface area contributed by atoms with Gasteiger partial charge in [0.15, 0.2) is 0 Å². The maximum absolute atomic E-state index is 10.8. The van der Waals surface area contributed by atoms with Crippen LogP contribution >= 0.6 is 23.2 Å². The zero-order valence-corrected chi connectivity index (χ0v) is 12.9. The molecule has 106 valence electrons. The number of ether oxygens (including phenoxy) is 1. The first-order chi connectivity index (χ1) is 9.42. The number of hydrogen-bond acceptors (Lipinski definition) is 2. The second kappa shape index (κ2) is 6.04. The predicted octanol–water partition coefficient (Wildman–Crippen LogP) is 4.45. The van der Waals surface area contributed by atoms with Gasteiger partial charge in [-0.15, -0.1) is 0 Å². The number of hydrogen-bond donors (Lipinski definition) is 1. The van der Waals surface area contributed by atoms with Gasteiger partial charge in [-0.2, -0.15) is 0 Å². The third-order valence-corrected chi connectivity index (χ3v) is 3.69. The molecule has 1 N–H and O–H groups in total. The lowest BCUT2D eigenvalue weighted by Crippen LogP contribution is -2.25. The van der Waals surface area contributed by atoms with Crippen molar-refractivity contribution in [2.75, 3.05) is 7.11 Å². The van der Waals surface area contributed by atoms with E-state index >= 15 is 0 Å². The molecular formula is C16H16Cl2O2. The van der Waals surface area contributed by atoms with Crippen molar-refractivity contribution in [2.24, 2.45) is 0 Å².